The number of benzene rings is 1. The Morgan fingerprint density at radius 2 is 2.21 bits per heavy atom. The number of Topliss-reactive ketones (excluding diaryl/α,β-unsaturated/α-hetero) is 1. The molecule has 0 unspecified atom stereocenters. The fourth-order valence-electron chi connectivity index (χ4n) is 1.27. The molecule has 0 aliphatic rings. The van der Waals surface area contributed by atoms with Gasteiger partial charge in [-0.1, -0.05) is 6.92 Å². The third-order valence-electron chi connectivity index (χ3n) is 2.07. The molecule has 1 aromatic rings. The number of hydrogen-bond acceptors (Lipinski definition) is 2. The molecular formula is C11H10FNO. The van der Waals surface area contributed by atoms with Crippen LogP contribution in [-0.2, 0) is 6.42 Å². The summed E-state index contributed by atoms with van der Waals surface area (Å²) in [5.41, 5.74) is 0.938. The van der Waals surface area contributed by atoms with Crippen molar-refractivity contribution in [2.75, 3.05) is 0 Å². The molecule has 14 heavy (non-hydrogen) atoms. The summed E-state index contributed by atoms with van der Waals surface area (Å²) in [6.07, 6.45) is 0.543. The lowest BCUT2D eigenvalue weighted by Gasteiger charge is -2.04. The van der Waals surface area contributed by atoms with Crippen molar-refractivity contribution in [3.63, 3.8) is 0 Å². The number of nitriles is 1. The number of hydrogen-bond donors (Lipinski definition) is 0. The molecule has 72 valence electrons. The van der Waals surface area contributed by atoms with Gasteiger partial charge in [0.1, 0.15) is 11.9 Å². The number of carbonyl (C=O) groups excluding carboxylic acids is 1. The summed E-state index contributed by atoms with van der Waals surface area (Å²) in [7, 11) is 0. The van der Waals surface area contributed by atoms with Crippen LogP contribution in [0, 0.1) is 17.1 Å². The predicted molar refractivity (Wildman–Crippen MR) is 50.5 cm³/mol. The molecular weight excluding hydrogens is 181 g/mol. The standard InChI is InChI=1S/C11H10FNO/c1-3-8-4-9(7(2)14)5-11(12)10(8)6-13/h4-5H,3H2,1-2H3. The summed E-state index contributed by atoms with van der Waals surface area (Å²) in [5.74, 6) is -0.805. The van der Waals surface area contributed by atoms with Crippen molar-refractivity contribution in [1.29, 1.82) is 5.26 Å². The zero-order chi connectivity index (χ0) is 10.7. The predicted octanol–water partition coefficient (Wildman–Crippen LogP) is 2.46. The van der Waals surface area contributed by atoms with Crippen molar-refractivity contribution >= 4 is 5.78 Å². The molecule has 0 N–H and O–H groups in total. The van der Waals surface area contributed by atoms with E-state index in [0.717, 1.165) is 6.07 Å². The monoisotopic (exact) mass is 191 g/mol. The van der Waals surface area contributed by atoms with E-state index in [1.54, 1.807) is 12.1 Å². The second-order valence-corrected chi connectivity index (χ2v) is 3.01. The van der Waals surface area contributed by atoms with Crippen LogP contribution in [0.25, 0.3) is 0 Å². The van der Waals surface area contributed by atoms with Crippen LogP contribution in [0.4, 0.5) is 4.39 Å². The quantitative estimate of drug-likeness (QED) is 0.674. The van der Waals surface area contributed by atoms with Gasteiger partial charge in [-0.2, -0.15) is 5.26 Å². The van der Waals surface area contributed by atoms with Crippen LogP contribution in [0.1, 0.15) is 35.3 Å². The van der Waals surface area contributed by atoms with Gasteiger partial charge in [-0.3, -0.25) is 4.79 Å². The minimum atomic E-state index is -0.614. The van der Waals surface area contributed by atoms with E-state index < -0.39 is 5.82 Å². The van der Waals surface area contributed by atoms with Crippen molar-refractivity contribution in [1.82, 2.24) is 0 Å². The lowest BCUT2D eigenvalue weighted by atomic mass is 10.0. The number of nitrogens with zero attached hydrogens (tertiary/aromatic N) is 1. The van der Waals surface area contributed by atoms with Gasteiger partial charge in [0.05, 0.1) is 5.56 Å². The molecule has 0 amide bonds. The van der Waals surface area contributed by atoms with Crippen molar-refractivity contribution in [3.05, 3.63) is 34.6 Å². The minimum absolute atomic E-state index is 0.0394. The van der Waals surface area contributed by atoms with Gasteiger partial charge < -0.3 is 0 Å². The highest BCUT2D eigenvalue weighted by atomic mass is 19.1. The molecule has 0 heterocycles. The maximum Gasteiger partial charge on any atom is 0.159 e. The van der Waals surface area contributed by atoms with Gasteiger partial charge in [0.15, 0.2) is 5.78 Å². The smallest absolute Gasteiger partial charge is 0.159 e. The van der Waals surface area contributed by atoms with Gasteiger partial charge in [-0.15, -0.1) is 0 Å². The number of ketones is 1. The molecule has 1 rings (SSSR count). The summed E-state index contributed by atoms with van der Waals surface area (Å²) >= 11 is 0. The molecule has 0 radical (unpaired) electrons. The highest BCUT2D eigenvalue weighted by molar-refractivity contribution is 5.94. The van der Waals surface area contributed by atoms with Gasteiger partial charge in [0.25, 0.3) is 0 Å². The van der Waals surface area contributed by atoms with Crippen molar-refractivity contribution < 1.29 is 9.18 Å². The van der Waals surface area contributed by atoms with Gasteiger partial charge in [-0.25, -0.2) is 4.39 Å². The van der Waals surface area contributed by atoms with E-state index in [1.807, 2.05) is 6.92 Å². The van der Waals surface area contributed by atoms with E-state index in [9.17, 15) is 9.18 Å². The molecule has 0 aliphatic carbocycles. The van der Waals surface area contributed by atoms with E-state index in [-0.39, 0.29) is 11.3 Å². The molecule has 3 heteroatoms. The lowest BCUT2D eigenvalue weighted by molar-refractivity contribution is 0.101. The maximum absolute atomic E-state index is 13.3. The topological polar surface area (TPSA) is 40.9 Å². The minimum Gasteiger partial charge on any atom is -0.295 e. The number of rotatable bonds is 2. The van der Waals surface area contributed by atoms with Crippen molar-refractivity contribution in [3.8, 4) is 6.07 Å². The van der Waals surface area contributed by atoms with Crippen LogP contribution in [-0.4, -0.2) is 5.78 Å². The summed E-state index contributed by atoms with van der Waals surface area (Å²) in [6.45, 7) is 3.19. The Kier molecular flexibility index (Phi) is 2.98. The van der Waals surface area contributed by atoms with E-state index in [1.165, 1.54) is 6.92 Å². The third-order valence-corrected chi connectivity index (χ3v) is 2.07. The van der Waals surface area contributed by atoms with Gasteiger partial charge in [0, 0.05) is 5.56 Å². The zero-order valence-electron chi connectivity index (χ0n) is 8.10. The molecule has 0 bridgehead atoms. The van der Waals surface area contributed by atoms with E-state index >= 15 is 0 Å². The van der Waals surface area contributed by atoms with E-state index in [2.05, 4.69) is 0 Å². The molecule has 0 saturated heterocycles. The fourth-order valence-corrected chi connectivity index (χ4v) is 1.27. The molecule has 0 saturated carbocycles. The SMILES string of the molecule is CCc1cc(C(C)=O)cc(F)c1C#N. The van der Waals surface area contributed by atoms with Crippen LogP contribution in [0.15, 0.2) is 12.1 Å². The summed E-state index contributed by atoms with van der Waals surface area (Å²) < 4.78 is 13.3. The lowest BCUT2D eigenvalue weighted by Crippen LogP contribution is -1.99. The highest BCUT2D eigenvalue weighted by Gasteiger charge is 2.11. The second kappa shape index (κ2) is 4.01. The molecule has 1 aromatic carbocycles. The van der Waals surface area contributed by atoms with Crippen LogP contribution in [0.2, 0.25) is 0 Å². The van der Waals surface area contributed by atoms with Crippen molar-refractivity contribution in [2.24, 2.45) is 0 Å². The Hall–Kier alpha value is -1.69. The summed E-state index contributed by atoms with van der Waals surface area (Å²) in [6, 6.07) is 4.48. The maximum atomic E-state index is 13.3. The Morgan fingerprint density at radius 1 is 1.57 bits per heavy atom. The number of carbonyl (C=O) groups is 1. The first-order valence-corrected chi connectivity index (χ1v) is 4.33. The fraction of sp³-hybridized carbons (Fsp3) is 0.273. The molecule has 0 atom stereocenters. The first-order chi connectivity index (χ1) is 6.60. The van der Waals surface area contributed by atoms with Crippen LogP contribution < -0.4 is 0 Å². The van der Waals surface area contributed by atoms with Gasteiger partial charge in [0.2, 0.25) is 0 Å². The van der Waals surface area contributed by atoms with Crippen LogP contribution in [0.3, 0.4) is 0 Å². The molecule has 0 aromatic heterocycles. The Bertz CT molecular complexity index is 418. The Labute approximate surface area is 82.0 Å². The molecule has 0 aliphatic heterocycles. The first kappa shape index (κ1) is 10.4. The summed E-state index contributed by atoms with van der Waals surface area (Å²) in [5, 5.41) is 8.68. The largest absolute Gasteiger partial charge is 0.295 e. The average molecular weight is 191 g/mol. The number of halogens is 1. The average Bonchev–Trinajstić information content (AvgIpc) is 2.16. The first-order valence-electron chi connectivity index (χ1n) is 4.33. The zero-order valence-corrected chi connectivity index (χ0v) is 8.10. The summed E-state index contributed by atoms with van der Waals surface area (Å²) in [4.78, 5) is 11.0. The van der Waals surface area contributed by atoms with Crippen molar-refractivity contribution in [2.45, 2.75) is 20.3 Å². The Morgan fingerprint density at radius 3 is 2.64 bits per heavy atom. The van der Waals surface area contributed by atoms with Crippen LogP contribution in [0.5, 0.6) is 0 Å². The number of aryl methyl sites for hydroxylation is 1. The van der Waals surface area contributed by atoms with Gasteiger partial charge in [-0.05, 0) is 31.0 Å². The second-order valence-electron chi connectivity index (χ2n) is 3.01. The van der Waals surface area contributed by atoms with Gasteiger partial charge >= 0.3 is 0 Å². The van der Waals surface area contributed by atoms with Crippen LogP contribution >= 0.6 is 0 Å². The molecule has 0 spiro atoms. The molecule has 2 nitrogen and oxygen atoms in total. The van der Waals surface area contributed by atoms with E-state index in [0.29, 0.717) is 17.5 Å². The highest BCUT2D eigenvalue weighted by Crippen LogP contribution is 2.16. The molecule has 0 fully saturated rings. The third kappa shape index (κ3) is 1.80. The normalized spacial score (nSPS) is 9.57. The Balaban J connectivity index is 3.40. The van der Waals surface area contributed by atoms with E-state index in [4.69, 9.17) is 5.26 Å².